The SMILES string of the molecule is COc1ccc(-c2nnc([C@@H](C)OC(=O)CNC(=O)c3cccc(F)c3)o2)cc1. The summed E-state index contributed by atoms with van der Waals surface area (Å²) >= 11 is 0. The van der Waals surface area contributed by atoms with Crippen LogP contribution < -0.4 is 10.1 Å². The second-order valence-electron chi connectivity index (χ2n) is 6.00. The van der Waals surface area contributed by atoms with Crippen LogP contribution in [0.25, 0.3) is 11.5 Å². The second kappa shape index (κ2) is 8.96. The molecule has 1 heterocycles. The maximum atomic E-state index is 13.1. The van der Waals surface area contributed by atoms with Gasteiger partial charge in [-0.15, -0.1) is 10.2 Å². The van der Waals surface area contributed by atoms with Crippen molar-refractivity contribution < 1.29 is 27.9 Å². The van der Waals surface area contributed by atoms with Crippen LogP contribution in [0.15, 0.2) is 52.9 Å². The summed E-state index contributed by atoms with van der Waals surface area (Å²) in [4.78, 5) is 23.9. The van der Waals surface area contributed by atoms with Crippen molar-refractivity contribution in [3.8, 4) is 17.2 Å². The van der Waals surface area contributed by atoms with Crippen LogP contribution in [0.3, 0.4) is 0 Å². The van der Waals surface area contributed by atoms with Crippen molar-refractivity contribution in [2.75, 3.05) is 13.7 Å². The Balaban J connectivity index is 1.54. The number of esters is 1. The summed E-state index contributed by atoms with van der Waals surface area (Å²) in [6.45, 7) is 1.18. The highest BCUT2D eigenvalue weighted by molar-refractivity contribution is 5.95. The maximum Gasteiger partial charge on any atom is 0.326 e. The number of aromatic nitrogens is 2. The molecule has 2 aromatic carbocycles. The van der Waals surface area contributed by atoms with Gasteiger partial charge in [-0.2, -0.15) is 0 Å². The smallest absolute Gasteiger partial charge is 0.326 e. The van der Waals surface area contributed by atoms with Crippen LogP contribution in [0.1, 0.15) is 29.3 Å². The van der Waals surface area contributed by atoms with Crippen LogP contribution in [0, 0.1) is 5.82 Å². The molecule has 9 heteroatoms. The van der Waals surface area contributed by atoms with Gasteiger partial charge in [0.05, 0.1) is 7.11 Å². The molecule has 3 rings (SSSR count). The molecule has 1 amide bonds. The predicted octanol–water partition coefficient (Wildman–Crippen LogP) is 2.92. The molecule has 0 saturated heterocycles. The van der Waals surface area contributed by atoms with Crippen LogP contribution in [-0.2, 0) is 9.53 Å². The summed E-state index contributed by atoms with van der Waals surface area (Å²) in [6, 6.07) is 12.2. The van der Waals surface area contributed by atoms with E-state index in [1.165, 1.54) is 18.2 Å². The maximum absolute atomic E-state index is 13.1. The normalized spacial score (nSPS) is 11.6. The molecule has 1 aromatic heterocycles. The van der Waals surface area contributed by atoms with Crippen LogP contribution in [0.5, 0.6) is 5.75 Å². The number of nitrogens with zero attached hydrogens (tertiary/aromatic N) is 2. The van der Waals surface area contributed by atoms with E-state index < -0.39 is 23.8 Å². The van der Waals surface area contributed by atoms with Gasteiger partial charge in [0.1, 0.15) is 18.1 Å². The Morgan fingerprint density at radius 1 is 1.17 bits per heavy atom. The molecule has 0 bridgehead atoms. The third-order valence-corrected chi connectivity index (χ3v) is 3.91. The van der Waals surface area contributed by atoms with E-state index in [2.05, 4.69) is 15.5 Å². The molecule has 0 radical (unpaired) electrons. The molecule has 0 spiro atoms. The highest BCUT2D eigenvalue weighted by atomic mass is 19.1. The first kappa shape index (κ1) is 20.0. The summed E-state index contributed by atoms with van der Waals surface area (Å²) in [6.07, 6.45) is -0.812. The van der Waals surface area contributed by atoms with Crippen molar-refractivity contribution >= 4 is 11.9 Å². The average molecular weight is 399 g/mol. The van der Waals surface area contributed by atoms with Crippen molar-refractivity contribution in [2.45, 2.75) is 13.0 Å². The van der Waals surface area contributed by atoms with E-state index in [-0.39, 0.29) is 23.9 Å². The van der Waals surface area contributed by atoms with Crippen molar-refractivity contribution in [3.63, 3.8) is 0 Å². The molecule has 29 heavy (non-hydrogen) atoms. The van der Waals surface area contributed by atoms with Gasteiger partial charge in [0.25, 0.3) is 11.8 Å². The molecular formula is C20H18FN3O5. The van der Waals surface area contributed by atoms with E-state index in [4.69, 9.17) is 13.9 Å². The van der Waals surface area contributed by atoms with Crippen molar-refractivity contribution in [1.29, 1.82) is 0 Å². The number of hydrogen-bond donors (Lipinski definition) is 1. The summed E-state index contributed by atoms with van der Waals surface area (Å²) in [5.74, 6) is -0.764. The number of rotatable bonds is 7. The lowest BCUT2D eigenvalue weighted by Crippen LogP contribution is -2.31. The van der Waals surface area contributed by atoms with Crippen LogP contribution in [-0.4, -0.2) is 35.7 Å². The van der Waals surface area contributed by atoms with Crippen molar-refractivity contribution in [1.82, 2.24) is 15.5 Å². The Hall–Kier alpha value is -3.75. The molecule has 1 N–H and O–H groups in total. The van der Waals surface area contributed by atoms with Gasteiger partial charge in [-0.05, 0) is 49.4 Å². The third-order valence-electron chi connectivity index (χ3n) is 3.91. The van der Waals surface area contributed by atoms with Gasteiger partial charge in [-0.1, -0.05) is 6.07 Å². The number of ether oxygens (including phenoxy) is 2. The molecule has 0 aliphatic carbocycles. The van der Waals surface area contributed by atoms with Gasteiger partial charge in [-0.3, -0.25) is 9.59 Å². The van der Waals surface area contributed by atoms with E-state index >= 15 is 0 Å². The Kier molecular flexibility index (Phi) is 6.18. The number of methoxy groups -OCH3 is 1. The Morgan fingerprint density at radius 2 is 1.93 bits per heavy atom. The number of benzene rings is 2. The fourth-order valence-corrected chi connectivity index (χ4v) is 2.42. The van der Waals surface area contributed by atoms with E-state index in [1.54, 1.807) is 38.3 Å². The van der Waals surface area contributed by atoms with E-state index in [0.29, 0.717) is 11.3 Å². The molecule has 0 aliphatic rings. The standard InChI is InChI=1S/C20H18FN3O5/c1-12(19-23-24-20(29-19)13-6-8-16(27-2)9-7-13)28-17(25)11-22-18(26)14-4-3-5-15(21)10-14/h3-10,12H,11H2,1-2H3,(H,22,26)/t12-/m1/s1. The second-order valence-corrected chi connectivity index (χ2v) is 6.00. The highest BCUT2D eigenvalue weighted by Gasteiger charge is 2.19. The van der Waals surface area contributed by atoms with Gasteiger partial charge >= 0.3 is 5.97 Å². The highest BCUT2D eigenvalue weighted by Crippen LogP contribution is 2.24. The zero-order valence-electron chi connectivity index (χ0n) is 15.7. The largest absolute Gasteiger partial charge is 0.497 e. The predicted molar refractivity (Wildman–Crippen MR) is 99.5 cm³/mol. The molecule has 0 saturated carbocycles. The molecule has 8 nitrogen and oxygen atoms in total. The van der Waals surface area contributed by atoms with Crippen LogP contribution in [0.4, 0.5) is 4.39 Å². The van der Waals surface area contributed by atoms with Gasteiger partial charge in [-0.25, -0.2) is 4.39 Å². The molecule has 1 atom stereocenters. The van der Waals surface area contributed by atoms with Gasteiger partial charge in [0.15, 0.2) is 6.10 Å². The molecular weight excluding hydrogens is 381 g/mol. The lowest BCUT2D eigenvalue weighted by molar-refractivity contribution is -0.148. The molecule has 0 fully saturated rings. The van der Waals surface area contributed by atoms with Crippen LogP contribution >= 0.6 is 0 Å². The lowest BCUT2D eigenvalue weighted by Gasteiger charge is -2.10. The Bertz CT molecular complexity index is 1000. The molecule has 3 aromatic rings. The topological polar surface area (TPSA) is 104 Å². The van der Waals surface area contributed by atoms with Gasteiger partial charge < -0.3 is 19.2 Å². The average Bonchev–Trinajstić information content (AvgIpc) is 3.22. The quantitative estimate of drug-likeness (QED) is 0.609. The summed E-state index contributed by atoms with van der Waals surface area (Å²) < 4.78 is 29.0. The van der Waals surface area contributed by atoms with Gasteiger partial charge in [0.2, 0.25) is 5.89 Å². The zero-order valence-corrected chi connectivity index (χ0v) is 15.7. The Labute approximate surface area is 165 Å². The Morgan fingerprint density at radius 3 is 2.62 bits per heavy atom. The first-order valence-electron chi connectivity index (χ1n) is 8.67. The van der Waals surface area contributed by atoms with E-state index in [9.17, 15) is 14.0 Å². The number of carbonyl (C=O) groups is 2. The summed E-state index contributed by atoms with van der Waals surface area (Å²) in [7, 11) is 1.57. The summed E-state index contributed by atoms with van der Waals surface area (Å²) in [5.41, 5.74) is 0.789. The lowest BCUT2D eigenvalue weighted by atomic mass is 10.2. The van der Waals surface area contributed by atoms with Crippen molar-refractivity contribution in [3.05, 3.63) is 65.8 Å². The minimum Gasteiger partial charge on any atom is -0.497 e. The zero-order chi connectivity index (χ0) is 20.8. The van der Waals surface area contributed by atoms with E-state index in [0.717, 1.165) is 6.07 Å². The number of nitrogens with one attached hydrogen (secondary N) is 1. The van der Waals surface area contributed by atoms with Gasteiger partial charge in [0, 0.05) is 11.1 Å². The minimum atomic E-state index is -0.812. The first-order chi connectivity index (χ1) is 14.0. The van der Waals surface area contributed by atoms with E-state index in [1.807, 2.05) is 0 Å². The third kappa shape index (κ3) is 5.16. The van der Waals surface area contributed by atoms with Crippen molar-refractivity contribution in [2.24, 2.45) is 0 Å². The minimum absolute atomic E-state index is 0.104. The fourth-order valence-electron chi connectivity index (χ4n) is 2.42. The molecule has 150 valence electrons. The number of carbonyl (C=O) groups excluding carboxylic acids is 2. The number of hydrogen-bond acceptors (Lipinski definition) is 7. The molecule has 0 unspecified atom stereocenters. The monoisotopic (exact) mass is 399 g/mol. The molecule has 0 aliphatic heterocycles. The number of amides is 1. The summed E-state index contributed by atoms with van der Waals surface area (Å²) in [5, 5.41) is 10.2. The fraction of sp³-hybridized carbons (Fsp3) is 0.200. The first-order valence-corrected chi connectivity index (χ1v) is 8.67. The number of halogens is 1. The van der Waals surface area contributed by atoms with Crippen LogP contribution in [0.2, 0.25) is 0 Å².